The van der Waals surface area contributed by atoms with E-state index >= 15 is 0 Å². The summed E-state index contributed by atoms with van der Waals surface area (Å²) in [5, 5.41) is 1.78. The molecule has 1 unspecified atom stereocenters. The van der Waals surface area contributed by atoms with E-state index in [4.69, 9.17) is 10.5 Å². The van der Waals surface area contributed by atoms with Crippen LogP contribution in [-0.4, -0.2) is 29.5 Å². The van der Waals surface area contributed by atoms with Gasteiger partial charge in [-0.25, -0.2) is 4.98 Å². The van der Waals surface area contributed by atoms with E-state index in [9.17, 15) is 0 Å². The molecule has 0 aromatic carbocycles. The maximum atomic E-state index is 5.77. The van der Waals surface area contributed by atoms with Crippen LogP contribution in [0.25, 0.3) is 0 Å². The van der Waals surface area contributed by atoms with Crippen LogP contribution in [0, 0.1) is 0 Å². The van der Waals surface area contributed by atoms with E-state index < -0.39 is 0 Å². The normalized spacial score (nSPS) is 19.2. The molecule has 2 heterocycles. The lowest BCUT2D eigenvalue weighted by molar-refractivity contribution is 0.1000. The quantitative estimate of drug-likeness (QED) is 0.893. The minimum Gasteiger partial charge on any atom is -0.381 e. The third-order valence-electron chi connectivity index (χ3n) is 2.81. The second-order valence-corrected chi connectivity index (χ2v) is 5.94. The molecular formula is C13H20N2OS. The second-order valence-electron chi connectivity index (χ2n) is 4.62. The van der Waals surface area contributed by atoms with Crippen molar-refractivity contribution in [1.82, 2.24) is 4.98 Å². The Morgan fingerprint density at radius 3 is 2.82 bits per heavy atom. The number of nitrogens with two attached hydrogens (primary N) is 1. The fraction of sp³-hybridized carbons (Fsp3) is 0.615. The molecule has 0 radical (unpaired) electrons. The topological polar surface area (TPSA) is 48.1 Å². The van der Waals surface area contributed by atoms with Gasteiger partial charge in [0.05, 0.1) is 5.03 Å². The lowest BCUT2D eigenvalue weighted by Crippen LogP contribution is -2.18. The number of ether oxygens (including phenoxy) is 1. The van der Waals surface area contributed by atoms with Gasteiger partial charge in [0.2, 0.25) is 0 Å². The zero-order chi connectivity index (χ0) is 12.1. The molecule has 94 valence electrons. The van der Waals surface area contributed by atoms with E-state index in [1.54, 1.807) is 0 Å². The first-order valence-electron chi connectivity index (χ1n) is 6.19. The van der Waals surface area contributed by atoms with Gasteiger partial charge in [0.1, 0.15) is 0 Å². The van der Waals surface area contributed by atoms with E-state index in [0.29, 0.717) is 5.25 Å². The van der Waals surface area contributed by atoms with Crippen molar-refractivity contribution in [2.45, 2.75) is 42.5 Å². The number of nitrogens with zero attached hydrogens (tertiary/aromatic N) is 1. The molecule has 0 bridgehead atoms. The fourth-order valence-corrected chi connectivity index (χ4v) is 2.97. The predicted molar refractivity (Wildman–Crippen MR) is 71.3 cm³/mol. The van der Waals surface area contributed by atoms with E-state index in [0.717, 1.165) is 37.5 Å². The number of hydrogen-bond acceptors (Lipinski definition) is 4. The molecule has 2 rings (SSSR count). The molecule has 0 aliphatic carbocycles. The van der Waals surface area contributed by atoms with E-state index in [-0.39, 0.29) is 6.04 Å². The van der Waals surface area contributed by atoms with Gasteiger partial charge in [-0.1, -0.05) is 6.07 Å². The average Bonchev–Trinajstić information content (AvgIpc) is 2.32. The number of hydrogen-bond donors (Lipinski definition) is 1. The summed E-state index contributed by atoms with van der Waals surface area (Å²) in [5.74, 6) is 0. The van der Waals surface area contributed by atoms with Crippen LogP contribution in [0.2, 0.25) is 0 Å². The van der Waals surface area contributed by atoms with Crippen LogP contribution in [0.5, 0.6) is 0 Å². The molecule has 0 saturated carbocycles. The molecule has 1 saturated heterocycles. The predicted octanol–water partition coefficient (Wildman–Crippen LogP) is 2.24. The van der Waals surface area contributed by atoms with Crippen LogP contribution in [0.4, 0.5) is 0 Å². The molecule has 1 aliphatic heterocycles. The summed E-state index contributed by atoms with van der Waals surface area (Å²) in [6, 6.07) is 4.45. The molecule has 1 aromatic rings. The highest BCUT2D eigenvalue weighted by atomic mass is 32.2. The maximum absolute atomic E-state index is 5.77. The molecule has 0 amide bonds. The Kier molecular flexibility index (Phi) is 4.83. The Morgan fingerprint density at radius 2 is 2.24 bits per heavy atom. The van der Waals surface area contributed by atoms with Crippen LogP contribution in [0.1, 0.15) is 25.3 Å². The number of pyridine rings is 1. The summed E-state index contributed by atoms with van der Waals surface area (Å²) in [6.07, 6.45) is 5.11. The molecule has 17 heavy (non-hydrogen) atoms. The van der Waals surface area contributed by atoms with Crippen LogP contribution >= 0.6 is 11.8 Å². The van der Waals surface area contributed by atoms with Gasteiger partial charge in [-0.15, -0.1) is 11.8 Å². The van der Waals surface area contributed by atoms with Crippen molar-refractivity contribution in [2.75, 3.05) is 13.2 Å². The van der Waals surface area contributed by atoms with E-state index in [1.165, 1.54) is 5.56 Å². The van der Waals surface area contributed by atoms with Crippen molar-refractivity contribution in [1.29, 1.82) is 0 Å². The van der Waals surface area contributed by atoms with Crippen LogP contribution < -0.4 is 5.73 Å². The fourth-order valence-electron chi connectivity index (χ4n) is 1.94. The van der Waals surface area contributed by atoms with Gasteiger partial charge in [-0.05, 0) is 37.8 Å². The molecule has 0 spiro atoms. The summed E-state index contributed by atoms with van der Waals surface area (Å²) in [6.45, 7) is 3.80. The van der Waals surface area contributed by atoms with Gasteiger partial charge in [-0.3, -0.25) is 0 Å². The summed E-state index contributed by atoms with van der Waals surface area (Å²) >= 11 is 1.87. The van der Waals surface area contributed by atoms with Crippen molar-refractivity contribution < 1.29 is 4.74 Å². The molecule has 1 aromatic heterocycles. The Morgan fingerprint density at radius 1 is 1.47 bits per heavy atom. The van der Waals surface area contributed by atoms with Crippen molar-refractivity contribution in [3.05, 3.63) is 23.9 Å². The zero-order valence-electron chi connectivity index (χ0n) is 10.3. The number of rotatable bonds is 4. The highest BCUT2D eigenvalue weighted by Gasteiger charge is 2.15. The van der Waals surface area contributed by atoms with Gasteiger partial charge in [-0.2, -0.15) is 0 Å². The third-order valence-corrected chi connectivity index (χ3v) is 4.10. The summed E-state index contributed by atoms with van der Waals surface area (Å²) < 4.78 is 5.35. The molecular weight excluding hydrogens is 232 g/mol. The summed E-state index contributed by atoms with van der Waals surface area (Å²) in [7, 11) is 0. The number of aromatic nitrogens is 1. The summed E-state index contributed by atoms with van der Waals surface area (Å²) in [5.41, 5.74) is 6.98. The van der Waals surface area contributed by atoms with Crippen LogP contribution in [-0.2, 0) is 11.2 Å². The van der Waals surface area contributed by atoms with Gasteiger partial charge in [0.25, 0.3) is 0 Å². The van der Waals surface area contributed by atoms with Gasteiger partial charge >= 0.3 is 0 Å². The van der Waals surface area contributed by atoms with Crippen LogP contribution in [0.15, 0.2) is 23.4 Å². The lowest BCUT2D eigenvalue weighted by Gasteiger charge is -2.20. The van der Waals surface area contributed by atoms with Gasteiger partial charge < -0.3 is 10.5 Å². The largest absolute Gasteiger partial charge is 0.381 e. The Balaban J connectivity index is 1.88. The minimum atomic E-state index is 0.200. The first kappa shape index (κ1) is 12.9. The maximum Gasteiger partial charge on any atom is 0.0962 e. The lowest BCUT2D eigenvalue weighted by atomic mass is 10.1. The van der Waals surface area contributed by atoms with Crippen molar-refractivity contribution in [3.63, 3.8) is 0 Å². The molecule has 3 nitrogen and oxygen atoms in total. The Hall–Kier alpha value is -0.580. The second kappa shape index (κ2) is 6.38. The smallest absolute Gasteiger partial charge is 0.0962 e. The molecule has 1 fully saturated rings. The first-order valence-corrected chi connectivity index (χ1v) is 7.07. The summed E-state index contributed by atoms with van der Waals surface area (Å²) in [4.78, 5) is 4.49. The van der Waals surface area contributed by atoms with Crippen molar-refractivity contribution >= 4 is 11.8 Å². The highest BCUT2D eigenvalue weighted by Crippen LogP contribution is 2.28. The molecule has 4 heteroatoms. The number of thioether (sulfide) groups is 1. The van der Waals surface area contributed by atoms with E-state index in [1.807, 2.05) is 24.9 Å². The molecule has 1 atom stereocenters. The Bertz CT molecular complexity index is 334. The zero-order valence-corrected chi connectivity index (χ0v) is 11.1. The van der Waals surface area contributed by atoms with Gasteiger partial charge in [0.15, 0.2) is 0 Å². The standard InChI is InChI=1S/C13H20N2OS/c1-10(14)8-11-2-3-13(15-9-11)17-12-4-6-16-7-5-12/h2-3,9-10,12H,4-8,14H2,1H3. The van der Waals surface area contributed by atoms with Crippen LogP contribution in [0.3, 0.4) is 0 Å². The monoisotopic (exact) mass is 252 g/mol. The SMILES string of the molecule is CC(N)Cc1ccc(SC2CCOCC2)nc1. The first-order chi connectivity index (χ1) is 8.24. The third kappa shape index (κ3) is 4.30. The van der Waals surface area contributed by atoms with Gasteiger partial charge in [0, 0.05) is 30.7 Å². The van der Waals surface area contributed by atoms with E-state index in [2.05, 4.69) is 17.1 Å². The highest BCUT2D eigenvalue weighted by molar-refractivity contribution is 7.99. The van der Waals surface area contributed by atoms with Crippen molar-refractivity contribution in [3.8, 4) is 0 Å². The molecule has 2 N–H and O–H groups in total. The average molecular weight is 252 g/mol. The Labute approximate surface area is 107 Å². The minimum absolute atomic E-state index is 0.200. The molecule has 1 aliphatic rings. The van der Waals surface area contributed by atoms with Crippen molar-refractivity contribution in [2.24, 2.45) is 5.73 Å².